The van der Waals surface area contributed by atoms with Gasteiger partial charge in [-0.2, -0.15) is 0 Å². The average molecular weight is 898 g/mol. The van der Waals surface area contributed by atoms with E-state index in [0.717, 1.165) is 47.4 Å². The van der Waals surface area contributed by atoms with Gasteiger partial charge in [0.15, 0.2) is 11.9 Å². The summed E-state index contributed by atoms with van der Waals surface area (Å²) in [7, 11) is 0. The van der Waals surface area contributed by atoms with E-state index in [0.29, 0.717) is 12.5 Å². The Morgan fingerprint density at radius 1 is 0.984 bits per heavy atom. The maximum absolute atomic E-state index is 14.0. The fourth-order valence-corrected chi connectivity index (χ4v) is 11.0. The number of aliphatic hydroxyl groups excluding tert-OH is 1. The van der Waals surface area contributed by atoms with Crippen molar-refractivity contribution in [3.8, 4) is 10.4 Å². The number of amides is 4. The number of nitrogens with one attached hydrogen (secondary N) is 3. The van der Waals surface area contributed by atoms with E-state index in [1.165, 1.54) is 4.90 Å². The number of aryl methyl sites for hydroxylation is 1. The third kappa shape index (κ3) is 10.6. The molecule has 1 aliphatic carbocycles. The summed E-state index contributed by atoms with van der Waals surface area (Å²) in [5.74, 6) is -1.17. The second-order valence-corrected chi connectivity index (χ2v) is 20.3. The van der Waals surface area contributed by atoms with Crippen LogP contribution in [0.25, 0.3) is 10.4 Å². The molecule has 0 radical (unpaired) electrons. The SMILES string of the molecule is Cc1ncsc1-c1ccc(CNC(=O)[C@@H]2C[C@@H](O)CN2C(=O)[C@@H](NC(=O)CCOCCOCCNC(=O)C[C@H]2O[C@@H]3O[C@@]4(C)CC[C@H]5[C@H](C)CC[C@@H]([C@H]2C)[C@@]35OO4)C(C)(C)C)cc1. The van der Waals surface area contributed by atoms with Gasteiger partial charge in [-0.05, 0) is 67.4 Å². The van der Waals surface area contributed by atoms with Crippen LogP contribution in [0.1, 0.15) is 97.7 Å². The summed E-state index contributed by atoms with van der Waals surface area (Å²) in [5, 5.41) is 19.3. The summed E-state index contributed by atoms with van der Waals surface area (Å²) in [6.07, 6.45) is 2.32. The van der Waals surface area contributed by atoms with E-state index in [1.54, 1.807) is 11.3 Å². The summed E-state index contributed by atoms with van der Waals surface area (Å²) in [4.78, 5) is 72.4. The van der Waals surface area contributed by atoms with Crippen molar-refractivity contribution in [1.82, 2.24) is 25.8 Å². The van der Waals surface area contributed by atoms with Crippen molar-refractivity contribution in [1.29, 1.82) is 0 Å². The number of β-amino-alcohol motifs (C(OH)–C–C–N with tert-alkyl or cyclic N) is 1. The summed E-state index contributed by atoms with van der Waals surface area (Å²) in [6.45, 7) is 15.3. The molecule has 5 aliphatic heterocycles. The number of carbonyl (C=O) groups excluding carboxylic acids is 4. The Kier molecular flexibility index (Phi) is 15.0. The minimum atomic E-state index is -0.938. The molecular formula is C46H67N5O11S. The number of likely N-dealkylation sites (tertiary alicyclic amines) is 1. The molecule has 6 aliphatic rings. The third-order valence-electron chi connectivity index (χ3n) is 13.8. The van der Waals surface area contributed by atoms with Gasteiger partial charge in [-0.1, -0.05) is 58.9 Å². The van der Waals surface area contributed by atoms with Crippen molar-refractivity contribution >= 4 is 35.0 Å². The standard InChI is InChI=1S/C46H67N5O11S/c1-27-8-13-34-28(2)36(59-43-46(34)33(27)14-16-45(7,60-43)61-62-46)23-38(54)47-17-19-58-21-20-57-18-15-37(53)50-40(44(4,5)6)42(56)51-25-32(52)22-35(51)41(55)48-24-30-9-11-31(12-10-30)39-29(3)49-26-63-39/h9-12,26-28,32-36,40,43,52H,8,13-25H2,1-7H3,(H,47,54)(H,48,55)(H,50,53)/t27-,28-,32-,33+,34+,35+,36-,40-,43-,45-,46-/m1/s1. The van der Waals surface area contributed by atoms with E-state index in [-0.39, 0.29) is 100 Å². The lowest BCUT2D eigenvalue weighted by atomic mass is 9.57. The summed E-state index contributed by atoms with van der Waals surface area (Å²) in [5.41, 5.74) is 3.39. The predicted octanol–water partition coefficient (Wildman–Crippen LogP) is 4.41. The van der Waals surface area contributed by atoms with E-state index < -0.39 is 47.2 Å². The van der Waals surface area contributed by atoms with Crippen LogP contribution in [0, 0.1) is 36.0 Å². The molecule has 17 heteroatoms. The van der Waals surface area contributed by atoms with Crippen LogP contribution in [0.15, 0.2) is 29.8 Å². The second kappa shape index (κ2) is 19.9. The zero-order valence-corrected chi connectivity index (χ0v) is 38.6. The lowest BCUT2D eigenvalue weighted by molar-refractivity contribution is -0.570. The van der Waals surface area contributed by atoms with Crippen LogP contribution in [-0.4, -0.2) is 120 Å². The molecule has 2 bridgehead atoms. The largest absolute Gasteiger partial charge is 0.391 e. The molecule has 8 rings (SSSR count). The normalized spacial score (nSPS) is 31.8. The molecular weight excluding hydrogens is 831 g/mol. The first-order valence-corrected chi connectivity index (χ1v) is 23.5. The molecule has 0 unspecified atom stereocenters. The fourth-order valence-electron chi connectivity index (χ4n) is 10.2. The first-order chi connectivity index (χ1) is 30.0. The van der Waals surface area contributed by atoms with Crippen LogP contribution in [0.2, 0.25) is 0 Å². The van der Waals surface area contributed by atoms with Gasteiger partial charge in [0.1, 0.15) is 12.1 Å². The van der Waals surface area contributed by atoms with Crippen LogP contribution >= 0.6 is 11.3 Å². The van der Waals surface area contributed by atoms with Gasteiger partial charge < -0.3 is 44.9 Å². The molecule has 6 heterocycles. The van der Waals surface area contributed by atoms with Crippen molar-refractivity contribution in [3.05, 3.63) is 41.0 Å². The van der Waals surface area contributed by atoms with Gasteiger partial charge in [0.05, 0.1) is 61.1 Å². The number of hydrogen-bond donors (Lipinski definition) is 4. The Hall–Kier alpha value is -3.55. The van der Waals surface area contributed by atoms with Crippen LogP contribution in [0.3, 0.4) is 0 Å². The minimum absolute atomic E-state index is 0.00851. The van der Waals surface area contributed by atoms with Crippen LogP contribution in [0.4, 0.5) is 0 Å². The maximum atomic E-state index is 14.0. The molecule has 4 amide bonds. The Labute approximate surface area is 374 Å². The van der Waals surface area contributed by atoms with Gasteiger partial charge >= 0.3 is 0 Å². The smallest absolute Gasteiger partial charge is 0.246 e. The summed E-state index contributed by atoms with van der Waals surface area (Å²) in [6, 6.07) is 6.06. The number of rotatable bonds is 17. The van der Waals surface area contributed by atoms with Crippen molar-refractivity contribution in [3.63, 3.8) is 0 Å². The molecule has 348 valence electrons. The second-order valence-electron chi connectivity index (χ2n) is 19.4. The number of nitrogens with zero attached hydrogens (tertiary/aromatic N) is 2. The first kappa shape index (κ1) is 47.4. The molecule has 1 aromatic heterocycles. The molecule has 5 saturated heterocycles. The zero-order chi connectivity index (χ0) is 45.1. The van der Waals surface area contributed by atoms with E-state index in [4.69, 9.17) is 28.7 Å². The number of thiazole rings is 1. The number of ether oxygens (including phenoxy) is 4. The van der Waals surface area contributed by atoms with Gasteiger partial charge in [0.2, 0.25) is 29.4 Å². The summed E-state index contributed by atoms with van der Waals surface area (Å²) >= 11 is 1.57. The highest BCUT2D eigenvalue weighted by molar-refractivity contribution is 7.13. The molecule has 11 atom stereocenters. The Bertz CT molecular complexity index is 1930. The van der Waals surface area contributed by atoms with Crippen LogP contribution in [-0.2, 0) is 54.4 Å². The Morgan fingerprint density at radius 3 is 2.44 bits per heavy atom. The van der Waals surface area contributed by atoms with Crippen molar-refractivity contribution < 1.29 is 53.0 Å². The van der Waals surface area contributed by atoms with E-state index in [1.807, 2.05) is 64.4 Å². The quantitative estimate of drug-likeness (QED) is 0.129. The van der Waals surface area contributed by atoms with E-state index in [2.05, 4.69) is 34.8 Å². The van der Waals surface area contributed by atoms with Crippen molar-refractivity contribution in [2.75, 3.05) is 39.5 Å². The van der Waals surface area contributed by atoms with Crippen molar-refractivity contribution in [2.45, 2.75) is 142 Å². The number of fused-ring (bicyclic) bond motifs is 2. The highest BCUT2D eigenvalue weighted by Gasteiger charge is 2.69. The number of benzene rings is 1. The van der Waals surface area contributed by atoms with Crippen LogP contribution < -0.4 is 16.0 Å². The highest BCUT2D eigenvalue weighted by Crippen LogP contribution is 2.60. The monoisotopic (exact) mass is 897 g/mol. The third-order valence-corrected chi connectivity index (χ3v) is 14.8. The molecule has 6 fully saturated rings. The predicted molar refractivity (Wildman–Crippen MR) is 232 cm³/mol. The molecule has 16 nitrogen and oxygen atoms in total. The maximum Gasteiger partial charge on any atom is 0.246 e. The average Bonchev–Trinajstić information content (AvgIpc) is 3.78. The van der Waals surface area contributed by atoms with E-state index >= 15 is 0 Å². The van der Waals surface area contributed by atoms with Crippen molar-refractivity contribution in [2.24, 2.45) is 29.1 Å². The molecule has 63 heavy (non-hydrogen) atoms. The highest BCUT2D eigenvalue weighted by atomic mass is 32.1. The number of carbonyl (C=O) groups is 4. The van der Waals surface area contributed by atoms with Gasteiger partial charge in [-0.15, -0.1) is 11.3 Å². The topological polar surface area (TPSA) is 196 Å². The number of aliphatic hydroxyl groups is 1. The summed E-state index contributed by atoms with van der Waals surface area (Å²) < 4.78 is 24.3. The van der Waals surface area contributed by atoms with Crippen LogP contribution in [0.5, 0.6) is 0 Å². The van der Waals surface area contributed by atoms with Gasteiger partial charge in [0.25, 0.3) is 0 Å². The van der Waals surface area contributed by atoms with Gasteiger partial charge in [0, 0.05) is 44.8 Å². The van der Waals surface area contributed by atoms with E-state index in [9.17, 15) is 24.3 Å². The minimum Gasteiger partial charge on any atom is -0.391 e. The zero-order valence-electron chi connectivity index (χ0n) is 37.8. The fraction of sp³-hybridized carbons (Fsp3) is 0.717. The first-order valence-electron chi connectivity index (χ1n) is 22.7. The molecule has 1 spiro atoms. The molecule has 1 aromatic carbocycles. The number of hydrogen-bond acceptors (Lipinski definition) is 13. The Morgan fingerprint density at radius 2 is 1.73 bits per heavy atom. The molecule has 2 aromatic rings. The van der Waals surface area contributed by atoms with Gasteiger partial charge in [-0.25, -0.2) is 14.8 Å². The lowest BCUT2D eigenvalue weighted by Gasteiger charge is -2.60. The molecule has 4 N–H and O–H groups in total. The molecule has 1 saturated carbocycles. The number of aromatic nitrogens is 1. The Balaban J connectivity index is 0.787. The lowest BCUT2D eigenvalue weighted by Crippen LogP contribution is -2.70. The van der Waals surface area contributed by atoms with Gasteiger partial charge in [-0.3, -0.25) is 19.2 Å².